The summed E-state index contributed by atoms with van der Waals surface area (Å²) >= 11 is 0. The molecule has 5 nitrogen and oxygen atoms in total. The molecule has 0 aromatic rings. The van der Waals surface area contributed by atoms with Crippen molar-refractivity contribution in [2.75, 3.05) is 13.6 Å². The van der Waals surface area contributed by atoms with E-state index in [2.05, 4.69) is 4.72 Å². The molecule has 0 heterocycles. The Morgan fingerprint density at radius 1 is 1.29 bits per heavy atom. The van der Waals surface area contributed by atoms with Crippen LogP contribution in [0.2, 0.25) is 0 Å². The maximum atomic E-state index is 11.9. The molecule has 102 valence electrons. The van der Waals surface area contributed by atoms with Crippen molar-refractivity contribution >= 4 is 10.2 Å². The van der Waals surface area contributed by atoms with Gasteiger partial charge in [-0.25, -0.2) is 4.72 Å². The van der Waals surface area contributed by atoms with Crippen LogP contribution in [0.15, 0.2) is 0 Å². The molecule has 1 fully saturated rings. The van der Waals surface area contributed by atoms with Crippen LogP contribution in [0.1, 0.15) is 39.5 Å². The molecule has 0 bridgehead atoms. The molecular formula is C11H25N3O2S. The van der Waals surface area contributed by atoms with Crippen LogP contribution >= 0.6 is 0 Å². The first kappa shape index (κ1) is 14.9. The van der Waals surface area contributed by atoms with Gasteiger partial charge in [-0.1, -0.05) is 0 Å². The van der Waals surface area contributed by atoms with Crippen molar-refractivity contribution in [2.24, 2.45) is 11.7 Å². The first-order chi connectivity index (χ1) is 7.83. The second-order valence-electron chi connectivity index (χ2n) is 5.24. The molecule has 0 aromatic heterocycles. The molecule has 17 heavy (non-hydrogen) atoms. The Morgan fingerprint density at radius 2 is 1.82 bits per heavy atom. The molecule has 1 saturated carbocycles. The fourth-order valence-electron chi connectivity index (χ4n) is 1.99. The Labute approximate surface area is 105 Å². The van der Waals surface area contributed by atoms with E-state index in [1.54, 1.807) is 7.05 Å². The summed E-state index contributed by atoms with van der Waals surface area (Å²) < 4.78 is 27.8. The Hall–Kier alpha value is -0.170. The van der Waals surface area contributed by atoms with Gasteiger partial charge in [-0.3, -0.25) is 0 Å². The molecule has 0 amide bonds. The van der Waals surface area contributed by atoms with Crippen LogP contribution in [-0.2, 0) is 10.2 Å². The highest BCUT2D eigenvalue weighted by Gasteiger charge is 2.23. The highest BCUT2D eigenvalue weighted by atomic mass is 32.2. The topological polar surface area (TPSA) is 75.4 Å². The monoisotopic (exact) mass is 263 g/mol. The lowest BCUT2D eigenvalue weighted by molar-refractivity contribution is 0.321. The second-order valence-corrected chi connectivity index (χ2v) is 7.06. The van der Waals surface area contributed by atoms with Crippen LogP contribution < -0.4 is 10.5 Å². The molecule has 0 spiro atoms. The summed E-state index contributed by atoms with van der Waals surface area (Å²) in [6.45, 7) is 4.25. The minimum Gasteiger partial charge on any atom is -0.328 e. The van der Waals surface area contributed by atoms with Gasteiger partial charge < -0.3 is 5.73 Å². The number of nitrogens with one attached hydrogen (secondary N) is 1. The predicted octanol–water partition coefficient (Wildman–Crippen LogP) is 0.679. The van der Waals surface area contributed by atoms with Crippen molar-refractivity contribution in [3.63, 3.8) is 0 Å². The number of nitrogens with two attached hydrogens (primary N) is 1. The van der Waals surface area contributed by atoms with Crippen molar-refractivity contribution < 1.29 is 8.42 Å². The van der Waals surface area contributed by atoms with E-state index in [4.69, 9.17) is 5.73 Å². The third kappa shape index (κ3) is 4.54. The lowest BCUT2D eigenvalue weighted by Gasteiger charge is -2.27. The zero-order valence-electron chi connectivity index (χ0n) is 11.0. The lowest BCUT2D eigenvalue weighted by atomic mass is 9.87. The van der Waals surface area contributed by atoms with Crippen molar-refractivity contribution in [2.45, 2.75) is 51.6 Å². The quantitative estimate of drug-likeness (QED) is 0.766. The van der Waals surface area contributed by atoms with E-state index in [1.165, 1.54) is 4.31 Å². The maximum absolute atomic E-state index is 11.9. The van der Waals surface area contributed by atoms with Crippen LogP contribution in [0, 0.1) is 5.92 Å². The highest BCUT2D eigenvalue weighted by molar-refractivity contribution is 7.87. The van der Waals surface area contributed by atoms with E-state index in [0.29, 0.717) is 18.5 Å². The molecule has 1 aliphatic carbocycles. The normalized spacial score (nSPS) is 26.7. The Balaban J connectivity index is 2.40. The molecule has 0 aromatic carbocycles. The summed E-state index contributed by atoms with van der Waals surface area (Å²) in [7, 11) is -1.72. The molecule has 3 N–H and O–H groups in total. The van der Waals surface area contributed by atoms with E-state index >= 15 is 0 Å². The summed E-state index contributed by atoms with van der Waals surface area (Å²) in [6.07, 6.45) is 4.06. The van der Waals surface area contributed by atoms with Gasteiger partial charge in [0.1, 0.15) is 0 Å². The molecule has 6 heteroatoms. The van der Waals surface area contributed by atoms with Crippen LogP contribution in [0.25, 0.3) is 0 Å². The zero-order chi connectivity index (χ0) is 13.1. The molecule has 0 saturated heterocycles. The average Bonchev–Trinajstić information content (AvgIpc) is 2.27. The van der Waals surface area contributed by atoms with Crippen molar-refractivity contribution in [3.05, 3.63) is 0 Å². The lowest BCUT2D eigenvalue weighted by Crippen LogP contribution is -2.44. The van der Waals surface area contributed by atoms with Gasteiger partial charge in [0.15, 0.2) is 0 Å². The van der Waals surface area contributed by atoms with E-state index in [1.807, 2.05) is 13.8 Å². The highest BCUT2D eigenvalue weighted by Crippen LogP contribution is 2.22. The molecule has 0 aliphatic heterocycles. The van der Waals surface area contributed by atoms with Crippen molar-refractivity contribution in [3.8, 4) is 0 Å². The zero-order valence-corrected chi connectivity index (χ0v) is 11.8. The molecule has 1 rings (SSSR count). The molecule has 0 unspecified atom stereocenters. The van der Waals surface area contributed by atoms with Crippen LogP contribution in [0.5, 0.6) is 0 Å². The SMILES string of the molecule is CC(C)N(C)S(=O)(=O)NCC1CCC(N)CC1. The fraction of sp³-hybridized carbons (Fsp3) is 1.00. The van der Waals surface area contributed by atoms with Gasteiger partial charge in [0.05, 0.1) is 0 Å². The van der Waals surface area contributed by atoms with Gasteiger partial charge in [-0.2, -0.15) is 12.7 Å². The fourth-order valence-corrected chi connectivity index (χ4v) is 3.20. The van der Waals surface area contributed by atoms with Gasteiger partial charge in [0, 0.05) is 25.7 Å². The summed E-state index contributed by atoms with van der Waals surface area (Å²) in [5.74, 6) is 0.435. The van der Waals surface area contributed by atoms with E-state index in [-0.39, 0.29) is 6.04 Å². The van der Waals surface area contributed by atoms with Crippen LogP contribution in [0.3, 0.4) is 0 Å². The van der Waals surface area contributed by atoms with E-state index < -0.39 is 10.2 Å². The minimum absolute atomic E-state index is 0.0210. The minimum atomic E-state index is -3.32. The largest absolute Gasteiger partial charge is 0.328 e. The van der Waals surface area contributed by atoms with Crippen LogP contribution in [-0.4, -0.2) is 38.4 Å². The van der Waals surface area contributed by atoms with Crippen molar-refractivity contribution in [1.29, 1.82) is 0 Å². The number of hydrogen-bond donors (Lipinski definition) is 2. The molecular weight excluding hydrogens is 238 g/mol. The third-order valence-corrected chi connectivity index (χ3v) is 5.26. The van der Waals surface area contributed by atoms with Gasteiger partial charge in [0.2, 0.25) is 0 Å². The van der Waals surface area contributed by atoms with Gasteiger partial charge in [0.25, 0.3) is 10.2 Å². The maximum Gasteiger partial charge on any atom is 0.279 e. The third-order valence-electron chi connectivity index (χ3n) is 3.55. The molecule has 1 aliphatic rings. The van der Waals surface area contributed by atoms with E-state index in [0.717, 1.165) is 25.7 Å². The van der Waals surface area contributed by atoms with Crippen LogP contribution in [0.4, 0.5) is 0 Å². The number of hydrogen-bond acceptors (Lipinski definition) is 3. The first-order valence-corrected chi connectivity index (χ1v) is 7.75. The van der Waals surface area contributed by atoms with Crippen molar-refractivity contribution in [1.82, 2.24) is 9.03 Å². The van der Waals surface area contributed by atoms with E-state index in [9.17, 15) is 8.42 Å². The van der Waals surface area contributed by atoms with Gasteiger partial charge >= 0.3 is 0 Å². The summed E-state index contributed by atoms with van der Waals surface area (Å²) in [6, 6.07) is 0.286. The Kier molecular flexibility index (Phi) is 5.37. The number of nitrogens with zero attached hydrogens (tertiary/aromatic N) is 1. The number of rotatable bonds is 5. The standard InChI is InChI=1S/C11H25N3O2S/c1-9(2)14(3)17(15,16)13-8-10-4-6-11(12)7-5-10/h9-11,13H,4-8,12H2,1-3H3. The molecule has 0 radical (unpaired) electrons. The summed E-state index contributed by atoms with van der Waals surface area (Å²) in [5, 5.41) is 0. The summed E-state index contributed by atoms with van der Waals surface area (Å²) in [4.78, 5) is 0. The van der Waals surface area contributed by atoms with Gasteiger partial charge in [-0.15, -0.1) is 0 Å². The Morgan fingerprint density at radius 3 is 2.29 bits per heavy atom. The second kappa shape index (κ2) is 6.13. The molecule has 0 atom stereocenters. The average molecular weight is 263 g/mol. The summed E-state index contributed by atoms with van der Waals surface area (Å²) in [5.41, 5.74) is 5.82. The predicted molar refractivity (Wildman–Crippen MR) is 69.8 cm³/mol. The smallest absolute Gasteiger partial charge is 0.279 e. The Bertz CT molecular complexity index is 322. The van der Waals surface area contributed by atoms with Gasteiger partial charge in [-0.05, 0) is 45.4 Å². The first-order valence-electron chi connectivity index (χ1n) is 6.31.